The van der Waals surface area contributed by atoms with Crippen LogP contribution >= 0.6 is 23.2 Å². The van der Waals surface area contributed by atoms with Crippen LogP contribution in [0.3, 0.4) is 0 Å². The van der Waals surface area contributed by atoms with Gasteiger partial charge in [0.15, 0.2) is 0 Å². The molecule has 1 spiro atoms. The molecule has 0 bridgehead atoms. The van der Waals surface area contributed by atoms with Crippen molar-refractivity contribution in [3.63, 3.8) is 0 Å². The Labute approximate surface area is 225 Å². The first-order valence-corrected chi connectivity index (χ1v) is 13.7. The number of hydrogen-bond acceptors (Lipinski definition) is 5. The largest absolute Gasteiger partial charge is 0.492 e. The smallest absolute Gasteiger partial charge is 0.306 e. The molecule has 2 aliphatic rings. The third-order valence-electron chi connectivity index (χ3n) is 7.15. The van der Waals surface area contributed by atoms with Crippen molar-refractivity contribution < 1.29 is 19.0 Å². The van der Waals surface area contributed by atoms with Crippen molar-refractivity contribution in [1.82, 2.24) is 4.90 Å². The van der Waals surface area contributed by atoms with Crippen molar-refractivity contribution in [2.24, 2.45) is 0 Å². The number of piperidine rings is 1. The van der Waals surface area contributed by atoms with Crippen LogP contribution in [0.5, 0.6) is 11.5 Å². The summed E-state index contributed by atoms with van der Waals surface area (Å²) in [5.41, 5.74) is 2.78. The lowest BCUT2D eigenvalue weighted by Crippen LogP contribution is -2.44. The number of esters is 1. The highest BCUT2D eigenvalue weighted by atomic mass is 35.5. The lowest BCUT2D eigenvalue weighted by atomic mass is 9.74. The number of aryl methyl sites for hydroxylation is 1. The van der Waals surface area contributed by atoms with Gasteiger partial charge in [0.2, 0.25) is 0 Å². The van der Waals surface area contributed by atoms with Gasteiger partial charge < -0.3 is 19.1 Å². The Morgan fingerprint density at radius 2 is 1.89 bits per heavy atom. The summed E-state index contributed by atoms with van der Waals surface area (Å²) < 4.78 is 17.6. The fourth-order valence-electron chi connectivity index (χ4n) is 5.11. The summed E-state index contributed by atoms with van der Waals surface area (Å²) in [7, 11) is 0. The highest BCUT2D eigenvalue weighted by Crippen LogP contribution is 2.47. The summed E-state index contributed by atoms with van der Waals surface area (Å²) >= 11 is 12.9. The molecule has 0 aliphatic carbocycles. The minimum atomic E-state index is -0.421. The van der Waals surface area contributed by atoms with E-state index in [9.17, 15) is 4.79 Å². The van der Waals surface area contributed by atoms with E-state index in [0.717, 1.165) is 67.9 Å². The maximum absolute atomic E-state index is 12.0. The molecule has 7 heteroatoms. The Balaban J connectivity index is 1.31. The average Bonchev–Trinajstić information content (AvgIpc) is 3.16. The van der Waals surface area contributed by atoms with Crippen LogP contribution in [0.2, 0.25) is 10.0 Å². The van der Waals surface area contributed by atoms with Crippen LogP contribution in [-0.4, -0.2) is 42.7 Å². The van der Waals surface area contributed by atoms with E-state index < -0.39 is 5.60 Å². The number of nitrogens with zero attached hydrogens (tertiary/aromatic N) is 1. The molecule has 0 saturated carbocycles. The Kier molecular flexibility index (Phi) is 8.43. The molecule has 0 amide bonds. The number of rotatable bonds is 8. The lowest BCUT2D eigenvalue weighted by molar-refractivity contribution is -0.155. The number of likely N-dealkylation sites (tertiary alicyclic amines) is 1. The summed E-state index contributed by atoms with van der Waals surface area (Å²) in [5, 5.41) is 1.30. The summed E-state index contributed by atoms with van der Waals surface area (Å²) in [6.45, 7) is 11.7. The molecule has 2 heterocycles. The molecule has 0 N–H and O–H groups in total. The number of hydrogen-bond donors (Lipinski definition) is 0. The van der Waals surface area contributed by atoms with Crippen LogP contribution in [-0.2, 0) is 28.0 Å². The first-order valence-electron chi connectivity index (χ1n) is 12.9. The monoisotopic (exact) mass is 533 g/mol. The normalized spacial score (nSPS) is 17.1. The van der Waals surface area contributed by atoms with Gasteiger partial charge in [-0.05, 0) is 83.8 Å². The van der Waals surface area contributed by atoms with Crippen LogP contribution in [0.15, 0.2) is 30.3 Å². The van der Waals surface area contributed by atoms with Crippen LogP contribution in [0.25, 0.3) is 0 Å². The molecule has 2 aromatic carbocycles. The number of ether oxygens (including phenoxy) is 3. The summed E-state index contributed by atoms with van der Waals surface area (Å²) in [6.07, 6.45) is 4.22. The summed E-state index contributed by atoms with van der Waals surface area (Å²) in [5.74, 6) is 1.54. The van der Waals surface area contributed by atoms with Crippen molar-refractivity contribution in [3.8, 4) is 11.5 Å². The molecule has 36 heavy (non-hydrogen) atoms. The second kappa shape index (κ2) is 11.2. The highest BCUT2D eigenvalue weighted by molar-refractivity contribution is 6.36. The fourth-order valence-corrected chi connectivity index (χ4v) is 5.72. The molecule has 0 aromatic heterocycles. The number of carbonyl (C=O) groups excluding carboxylic acids is 1. The van der Waals surface area contributed by atoms with E-state index in [1.807, 2.05) is 45.0 Å². The first kappa shape index (κ1) is 27.1. The Morgan fingerprint density at radius 3 is 2.58 bits per heavy atom. The molecule has 1 fully saturated rings. The van der Waals surface area contributed by atoms with E-state index in [2.05, 4.69) is 17.9 Å². The molecule has 4 rings (SSSR count). The minimum Gasteiger partial charge on any atom is -0.492 e. The minimum absolute atomic E-state index is 0.0532. The Hall–Kier alpha value is -1.95. The van der Waals surface area contributed by atoms with E-state index in [4.69, 9.17) is 37.4 Å². The SMILES string of the molecule is CCc1ccc(Cl)c(COc2ccc3c(c2)OCC32CCN(CCCC(=O)OC(C)(C)C)CC2)c1Cl. The van der Waals surface area contributed by atoms with E-state index in [1.165, 1.54) is 5.56 Å². The molecular weight excluding hydrogens is 497 g/mol. The second-order valence-electron chi connectivity index (χ2n) is 10.9. The third-order valence-corrected chi connectivity index (χ3v) is 7.97. The number of halogens is 2. The van der Waals surface area contributed by atoms with E-state index in [-0.39, 0.29) is 11.4 Å². The van der Waals surface area contributed by atoms with Gasteiger partial charge in [-0.1, -0.05) is 42.3 Å². The lowest BCUT2D eigenvalue weighted by Gasteiger charge is -2.38. The van der Waals surface area contributed by atoms with Gasteiger partial charge in [-0.15, -0.1) is 0 Å². The van der Waals surface area contributed by atoms with Crippen LogP contribution in [0.1, 0.15) is 70.1 Å². The zero-order chi connectivity index (χ0) is 25.9. The van der Waals surface area contributed by atoms with E-state index in [1.54, 1.807) is 0 Å². The van der Waals surface area contributed by atoms with Gasteiger partial charge in [-0.2, -0.15) is 0 Å². The summed E-state index contributed by atoms with van der Waals surface area (Å²) in [4.78, 5) is 14.4. The fraction of sp³-hybridized carbons (Fsp3) is 0.552. The van der Waals surface area contributed by atoms with Crippen LogP contribution in [0.4, 0.5) is 0 Å². The standard InChI is InChI=1S/C29H37Cl2NO4/c1-5-20-8-11-24(30)22(27(20)31)18-34-21-9-10-23-25(17-21)35-19-29(23)12-15-32(16-13-29)14-6-7-26(33)36-28(2,3)4/h8-11,17H,5-7,12-16,18-19H2,1-4H3. The van der Waals surface area contributed by atoms with Gasteiger partial charge >= 0.3 is 5.97 Å². The second-order valence-corrected chi connectivity index (χ2v) is 11.7. The van der Waals surface area contributed by atoms with Crippen LogP contribution < -0.4 is 9.47 Å². The van der Waals surface area contributed by atoms with Crippen molar-refractivity contribution in [2.45, 2.75) is 77.4 Å². The molecule has 0 atom stereocenters. The Morgan fingerprint density at radius 1 is 1.14 bits per heavy atom. The van der Waals surface area contributed by atoms with E-state index >= 15 is 0 Å². The van der Waals surface area contributed by atoms with Crippen molar-refractivity contribution >= 4 is 29.2 Å². The van der Waals surface area contributed by atoms with Crippen molar-refractivity contribution in [3.05, 3.63) is 57.1 Å². The maximum atomic E-state index is 12.0. The number of benzene rings is 2. The van der Waals surface area contributed by atoms with Gasteiger partial charge in [0.1, 0.15) is 23.7 Å². The zero-order valence-corrected chi connectivity index (χ0v) is 23.3. The third kappa shape index (κ3) is 6.30. The topological polar surface area (TPSA) is 48.0 Å². The predicted molar refractivity (Wildman–Crippen MR) is 145 cm³/mol. The molecule has 0 unspecified atom stereocenters. The van der Waals surface area contributed by atoms with Gasteiger partial charge in [-0.25, -0.2) is 0 Å². The number of carbonyl (C=O) groups is 1. The molecule has 5 nitrogen and oxygen atoms in total. The summed E-state index contributed by atoms with van der Waals surface area (Å²) in [6, 6.07) is 10.0. The van der Waals surface area contributed by atoms with E-state index in [0.29, 0.717) is 29.7 Å². The molecule has 196 valence electrons. The van der Waals surface area contributed by atoms with Gasteiger partial charge in [0.05, 0.1) is 11.6 Å². The first-order chi connectivity index (χ1) is 17.1. The molecule has 0 radical (unpaired) electrons. The van der Waals surface area contributed by atoms with Crippen LogP contribution in [0, 0.1) is 0 Å². The van der Waals surface area contributed by atoms with Gasteiger partial charge in [0.25, 0.3) is 0 Å². The Bertz CT molecular complexity index is 1090. The quantitative estimate of drug-likeness (QED) is 0.342. The molecule has 2 aromatic rings. The highest BCUT2D eigenvalue weighted by Gasteiger charge is 2.43. The molecular formula is C29H37Cl2NO4. The predicted octanol–water partition coefficient (Wildman–Crippen LogP) is 6.98. The molecule has 2 aliphatic heterocycles. The van der Waals surface area contributed by atoms with Gasteiger partial charge in [0, 0.05) is 34.1 Å². The zero-order valence-electron chi connectivity index (χ0n) is 21.8. The maximum Gasteiger partial charge on any atom is 0.306 e. The molecule has 1 saturated heterocycles. The average molecular weight is 535 g/mol. The van der Waals surface area contributed by atoms with Gasteiger partial charge in [-0.3, -0.25) is 4.79 Å². The van der Waals surface area contributed by atoms with Crippen molar-refractivity contribution in [1.29, 1.82) is 0 Å². The number of fused-ring (bicyclic) bond motifs is 2. The van der Waals surface area contributed by atoms with Crippen molar-refractivity contribution in [2.75, 3.05) is 26.2 Å².